The molecule has 1 aromatic carbocycles. The Kier molecular flexibility index (Phi) is 5.11. The average Bonchev–Trinajstić information content (AvgIpc) is 2.28. The first-order valence-electron chi connectivity index (χ1n) is 6.05. The normalized spacial score (nSPS) is 11.9. The molecule has 1 rings (SSSR count). The van der Waals surface area contributed by atoms with Crippen LogP contribution in [0.5, 0.6) is 5.75 Å². The molecule has 0 aliphatic heterocycles. The molecule has 18 heavy (non-hydrogen) atoms. The van der Waals surface area contributed by atoms with E-state index in [0.29, 0.717) is 18.7 Å². The van der Waals surface area contributed by atoms with Gasteiger partial charge in [-0.3, -0.25) is 0 Å². The van der Waals surface area contributed by atoms with E-state index >= 15 is 0 Å². The summed E-state index contributed by atoms with van der Waals surface area (Å²) in [5, 5.41) is 9.67. The van der Waals surface area contributed by atoms with Gasteiger partial charge in [0.1, 0.15) is 11.6 Å². The minimum absolute atomic E-state index is 0.297. The first kappa shape index (κ1) is 14.9. The minimum atomic E-state index is -0.666. The Labute approximate surface area is 108 Å². The van der Waals surface area contributed by atoms with Crippen molar-refractivity contribution in [1.82, 2.24) is 4.90 Å². The second-order valence-corrected chi connectivity index (χ2v) is 5.26. The van der Waals surface area contributed by atoms with E-state index in [1.807, 2.05) is 7.05 Å². The highest BCUT2D eigenvalue weighted by molar-refractivity contribution is 5.33. The molecule has 1 N–H and O–H groups in total. The zero-order valence-corrected chi connectivity index (χ0v) is 11.5. The number of halogens is 1. The van der Waals surface area contributed by atoms with E-state index < -0.39 is 5.60 Å². The molecule has 0 aromatic heterocycles. The van der Waals surface area contributed by atoms with Crippen molar-refractivity contribution in [1.29, 1.82) is 0 Å². The van der Waals surface area contributed by atoms with Crippen LogP contribution in [0.2, 0.25) is 0 Å². The maximum atomic E-state index is 13.0. The second-order valence-electron chi connectivity index (χ2n) is 5.26. The lowest BCUT2D eigenvalue weighted by atomic mass is 10.1. The topological polar surface area (TPSA) is 32.7 Å². The van der Waals surface area contributed by atoms with E-state index in [1.54, 1.807) is 19.9 Å². The van der Waals surface area contributed by atoms with E-state index in [2.05, 4.69) is 4.90 Å². The third-order valence-corrected chi connectivity index (χ3v) is 2.79. The van der Waals surface area contributed by atoms with Crippen molar-refractivity contribution in [2.45, 2.75) is 32.4 Å². The van der Waals surface area contributed by atoms with Crippen LogP contribution in [0.1, 0.15) is 25.8 Å². The van der Waals surface area contributed by atoms with Gasteiger partial charge in [-0.2, -0.15) is 0 Å². The number of aliphatic hydroxyl groups is 1. The van der Waals surface area contributed by atoms with E-state index in [-0.39, 0.29) is 5.82 Å². The van der Waals surface area contributed by atoms with Gasteiger partial charge in [0, 0.05) is 24.7 Å². The van der Waals surface area contributed by atoms with Crippen LogP contribution in [0.3, 0.4) is 0 Å². The Morgan fingerprint density at radius 1 is 1.39 bits per heavy atom. The second kappa shape index (κ2) is 6.16. The molecule has 0 radical (unpaired) electrons. The molecule has 0 aliphatic rings. The maximum Gasteiger partial charge on any atom is 0.126 e. The molecule has 0 bridgehead atoms. The third-order valence-electron chi connectivity index (χ3n) is 2.79. The van der Waals surface area contributed by atoms with Crippen molar-refractivity contribution >= 4 is 0 Å². The molecule has 0 amide bonds. The summed E-state index contributed by atoms with van der Waals surface area (Å²) in [6, 6.07) is 4.55. The molecule has 0 atom stereocenters. The molecule has 1 aromatic rings. The van der Waals surface area contributed by atoms with Crippen molar-refractivity contribution in [3.8, 4) is 5.75 Å². The zero-order chi connectivity index (χ0) is 13.8. The van der Waals surface area contributed by atoms with Crippen molar-refractivity contribution in [3.63, 3.8) is 0 Å². The largest absolute Gasteiger partial charge is 0.496 e. The molecule has 3 nitrogen and oxygen atoms in total. The maximum absolute atomic E-state index is 13.0. The quantitative estimate of drug-likeness (QED) is 0.847. The van der Waals surface area contributed by atoms with Crippen LogP contribution < -0.4 is 4.74 Å². The lowest BCUT2D eigenvalue weighted by molar-refractivity contribution is 0.0599. The van der Waals surface area contributed by atoms with Gasteiger partial charge in [-0.05, 0) is 33.4 Å². The number of ether oxygens (including phenoxy) is 1. The van der Waals surface area contributed by atoms with Crippen LogP contribution in [0.15, 0.2) is 18.2 Å². The lowest BCUT2D eigenvalue weighted by Crippen LogP contribution is -2.28. The van der Waals surface area contributed by atoms with Gasteiger partial charge in [-0.1, -0.05) is 6.07 Å². The summed E-state index contributed by atoms with van der Waals surface area (Å²) >= 11 is 0. The highest BCUT2D eigenvalue weighted by atomic mass is 19.1. The fourth-order valence-electron chi connectivity index (χ4n) is 1.68. The molecule has 0 unspecified atom stereocenters. The summed E-state index contributed by atoms with van der Waals surface area (Å²) in [5.74, 6) is 0.264. The summed E-state index contributed by atoms with van der Waals surface area (Å²) in [4.78, 5) is 2.08. The monoisotopic (exact) mass is 255 g/mol. The van der Waals surface area contributed by atoms with Crippen molar-refractivity contribution in [2.75, 3.05) is 20.7 Å². The van der Waals surface area contributed by atoms with Gasteiger partial charge in [0.25, 0.3) is 0 Å². The van der Waals surface area contributed by atoms with Crippen LogP contribution in [0.25, 0.3) is 0 Å². The van der Waals surface area contributed by atoms with Crippen molar-refractivity contribution in [3.05, 3.63) is 29.6 Å². The van der Waals surface area contributed by atoms with Crippen LogP contribution in [-0.2, 0) is 6.54 Å². The first-order chi connectivity index (χ1) is 8.31. The average molecular weight is 255 g/mol. The van der Waals surface area contributed by atoms with Gasteiger partial charge >= 0.3 is 0 Å². The number of rotatable bonds is 6. The van der Waals surface area contributed by atoms with Gasteiger partial charge in [0.05, 0.1) is 12.7 Å². The number of hydrogen-bond donors (Lipinski definition) is 1. The van der Waals surface area contributed by atoms with E-state index in [9.17, 15) is 9.50 Å². The third kappa shape index (κ3) is 5.02. The summed E-state index contributed by atoms with van der Waals surface area (Å²) in [6.07, 6.45) is 0.688. The highest BCUT2D eigenvalue weighted by Crippen LogP contribution is 2.21. The minimum Gasteiger partial charge on any atom is -0.496 e. The summed E-state index contributed by atoms with van der Waals surface area (Å²) in [7, 11) is 3.50. The Hall–Kier alpha value is -1.13. The van der Waals surface area contributed by atoms with E-state index in [1.165, 1.54) is 19.2 Å². The predicted molar refractivity (Wildman–Crippen MR) is 70.2 cm³/mol. The highest BCUT2D eigenvalue weighted by Gasteiger charge is 2.14. The Bertz CT molecular complexity index is 388. The van der Waals surface area contributed by atoms with Crippen LogP contribution in [0.4, 0.5) is 4.39 Å². The van der Waals surface area contributed by atoms with Gasteiger partial charge in [0.2, 0.25) is 0 Å². The molecule has 0 heterocycles. The Morgan fingerprint density at radius 3 is 2.61 bits per heavy atom. The summed E-state index contributed by atoms with van der Waals surface area (Å²) in [5.41, 5.74) is 0.276. The molecule has 0 aliphatic carbocycles. The number of benzene rings is 1. The van der Waals surface area contributed by atoms with Gasteiger partial charge in [-0.15, -0.1) is 0 Å². The molecular formula is C14H22FNO2. The molecule has 0 saturated carbocycles. The van der Waals surface area contributed by atoms with Crippen LogP contribution in [-0.4, -0.2) is 36.3 Å². The SMILES string of the molecule is COc1cc(F)ccc1CN(C)CCC(C)(C)O. The Balaban J connectivity index is 2.61. The Morgan fingerprint density at radius 2 is 2.06 bits per heavy atom. The predicted octanol–water partition coefficient (Wildman–Crippen LogP) is 2.43. The van der Waals surface area contributed by atoms with E-state index in [0.717, 1.165) is 12.1 Å². The number of methoxy groups -OCH3 is 1. The first-order valence-corrected chi connectivity index (χ1v) is 6.05. The lowest BCUT2D eigenvalue weighted by Gasteiger charge is -2.23. The fourth-order valence-corrected chi connectivity index (χ4v) is 1.68. The van der Waals surface area contributed by atoms with Crippen molar-refractivity contribution in [2.24, 2.45) is 0 Å². The van der Waals surface area contributed by atoms with E-state index in [4.69, 9.17) is 4.74 Å². The standard InChI is InChI=1S/C14H22FNO2/c1-14(2,17)7-8-16(3)10-11-5-6-12(15)9-13(11)18-4/h5-6,9,17H,7-8,10H2,1-4H3. The zero-order valence-electron chi connectivity index (χ0n) is 11.5. The fraction of sp³-hybridized carbons (Fsp3) is 0.571. The van der Waals surface area contributed by atoms with Gasteiger partial charge < -0.3 is 14.7 Å². The van der Waals surface area contributed by atoms with Gasteiger partial charge in [0.15, 0.2) is 0 Å². The number of hydrogen-bond acceptors (Lipinski definition) is 3. The molecule has 0 saturated heterocycles. The van der Waals surface area contributed by atoms with Gasteiger partial charge in [-0.25, -0.2) is 4.39 Å². The number of nitrogens with zero attached hydrogens (tertiary/aromatic N) is 1. The molecule has 4 heteroatoms. The molecular weight excluding hydrogens is 233 g/mol. The molecule has 0 fully saturated rings. The summed E-state index contributed by atoms with van der Waals surface area (Å²) < 4.78 is 18.2. The molecule has 102 valence electrons. The summed E-state index contributed by atoms with van der Waals surface area (Å²) in [6.45, 7) is 5.02. The smallest absolute Gasteiger partial charge is 0.126 e. The molecule has 0 spiro atoms. The van der Waals surface area contributed by atoms with Crippen LogP contribution >= 0.6 is 0 Å². The van der Waals surface area contributed by atoms with Crippen molar-refractivity contribution < 1.29 is 14.2 Å². The van der Waals surface area contributed by atoms with Crippen LogP contribution in [0, 0.1) is 5.82 Å².